The van der Waals surface area contributed by atoms with Gasteiger partial charge in [0.25, 0.3) is 11.4 Å². The highest BCUT2D eigenvalue weighted by Gasteiger charge is 2.20. The van der Waals surface area contributed by atoms with E-state index in [4.69, 9.17) is 9.15 Å². The summed E-state index contributed by atoms with van der Waals surface area (Å²) in [5.41, 5.74) is 2.20. The predicted octanol–water partition coefficient (Wildman–Crippen LogP) is 3.48. The standard InChI is InChI=1S/C28H34N6O5/c1-33(2)17-25(36)31-20(8-6-5-7-9-23(35)28-29-12-13-39-28)27-30-16-21(32-27)19-14-18-10-11-26(37)34(3)22(18)15-24(19)38-4/h10-16,20H,5-9,17H2,1-4H3,(H,30,32)(H,31,36)/t20-/m0/s1. The number of nitrogens with zero attached hydrogens (tertiary/aromatic N) is 4. The average molecular weight is 535 g/mol. The van der Waals surface area contributed by atoms with Crippen molar-refractivity contribution >= 4 is 22.6 Å². The average Bonchev–Trinajstić information content (AvgIpc) is 3.62. The van der Waals surface area contributed by atoms with Crippen molar-refractivity contribution in [2.24, 2.45) is 7.05 Å². The molecule has 39 heavy (non-hydrogen) atoms. The van der Waals surface area contributed by atoms with Gasteiger partial charge in [0.1, 0.15) is 17.8 Å². The monoisotopic (exact) mass is 534 g/mol. The number of imidazole rings is 1. The summed E-state index contributed by atoms with van der Waals surface area (Å²) >= 11 is 0. The first-order valence-corrected chi connectivity index (χ1v) is 12.9. The number of aryl methyl sites for hydroxylation is 1. The van der Waals surface area contributed by atoms with Gasteiger partial charge in [0.15, 0.2) is 0 Å². The molecule has 1 amide bonds. The molecule has 1 atom stereocenters. The summed E-state index contributed by atoms with van der Waals surface area (Å²) in [5, 5.41) is 3.98. The summed E-state index contributed by atoms with van der Waals surface area (Å²) in [7, 11) is 6.99. The van der Waals surface area contributed by atoms with Crippen LogP contribution in [-0.4, -0.2) is 63.9 Å². The first kappa shape index (κ1) is 27.8. The number of aromatic nitrogens is 4. The number of Topliss-reactive ketones (excluding diaryl/α,β-unsaturated/α-hetero) is 1. The zero-order chi connectivity index (χ0) is 27.9. The fraction of sp³-hybridized carbons (Fsp3) is 0.393. The number of ether oxygens (including phenoxy) is 1. The number of aromatic amines is 1. The van der Waals surface area contributed by atoms with Crippen molar-refractivity contribution in [1.29, 1.82) is 0 Å². The third kappa shape index (κ3) is 6.80. The van der Waals surface area contributed by atoms with Crippen LogP contribution in [0.3, 0.4) is 0 Å². The van der Waals surface area contributed by atoms with Gasteiger partial charge in [0, 0.05) is 31.2 Å². The minimum atomic E-state index is -0.332. The lowest BCUT2D eigenvalue weighted by Gasteiger charge is -2.18. The maximum atomic E-state index is 12.6. The Hall–Kier alpha value is -4.25. The molecule has 4 aromatic rings. The van der Waals surface area contributed by atoms with Crippen LogP contribution in [0.5, 0.6) is 5.75 Å². The summed E-state index contributed by atoms with van der Waals surface area (Å²) in [6, 6.07) is 6.78. The van der Waals surface area contributed by atoms with Crippen LogP contribution in [0.1, 0.15) is 54.7 Å². The number of pyridine rings is 1. The molecule has 0 aliphatic rings. The molecule has 0 saturated heterocycles. The van der Waals surface area contributed by atoms with Crippen molar-refractivity contribution < 1.29 is 18.7 Å². The van der Waals surface area contributed by atoms with Crippen LogP contribution >= 0.6 is 0 Å². The number of fused-ring (bicyclic) bond motifs is 1. The Morgan fingerprint density at radius 2 is 2.00 bits per heavy atom. The van der Waals surface area contributed by atoms with Gasteiger partial charge in [-0.15, -0.1) is 0 Å². The number of oxazole rings is 1. The number of amides is 1. The third-order valence-electron chi connectivity index (χ3n) is 6.52. The van der Waals surface area contributed by atoms with Gasteiger partial charge in [-0.3, -0.25) is 14.4 Å². The zero-order valence-corrected chi connectivity index (χ0v) is 22.7. The van der Waals surface area contributed by atoms with Gasteiger partial charge in [-0.25, -0.2) is 9.97 Å². The third-order valence-corrected chi connectivity index (χ3v) is 6.52. The van der Waals surface area contributed by atoms with Gasteiger partial charge in [-0.05, 0) is 44.5 Å². The number of benzene rings is 1. The number of H-pyrrole nitrogens is 1. The fourth-order valence-electron chi connectivity index (χ4n) is 4.51. The number of hydrogen-bond acceptors (Lipinski definition) is 8. The molecule has 0 fully saturated rings. The Morgan fingerprint density at radius 3 is 2.72 bits per heavy atom. The molecule has 1 aromatic carbocycles. The normalized spacial score (nSPS) is 12.1. The molecule has 0 aliphatic heterocycles. The molecule has 11 heteroatoms. The molecule has 4 rings (SSSR count). The lowest BCUT2D eigenvalue weighted by molar-refractivity contribution is -0.122. The van der Waals surface area contributed by atoms with E-state index >= 15 is 0 Å². The number of hydrogen-bond donors (Lipinski definition) is 2. The van der Waals surface area contributed by atoms with Crippen LogP contribution in [0.2, 0.25) is 0 Å². The Bertz CT molecular complexity index is 1490. The minimum Gasteiger partial charge on any atom is -0.496 e. The molecule has 0 radical (unpaired) electrons. The first-order chi connectivity index (χ1) is 18.8. The van der Waals surface area contributed by atoms with Crippen LogP contribution in [0, 0.1) is 0 Å². The van der Waals surface area contributed by atoms with E-state index in [1.807, 2.05) is 31.1 Å². The van der Waals surface area contributed by atoms with Crippen molar-refractivity contribution in [3.05, 3.63) is 65.0 Å². The van der Waals surface area contributed by atoms with E-state index in [9.17, 15) is 14.4 Å². The number of methoxy groups -OCH3 is 1. The van der Waals surface area contributed by atoms with Crippen LogP contribution in [-0.2, 0) is 11.8 Å². The highest BCUT2D eigenvalue weighted by molar-refractivity contribution is 5.91. The number of unbranched alkanes of at least 4 members (excludes halogenated alkanes) is 2. The highest BCUT2D eigenvalue weighted by atomic mass is 16.5. The van der Waals surface area contributed by atoms with Crippen LogP contribution < -0.4 is 15.6 Å². The molecule has 206 valence electrons. The minimum absolute atomic E-state index is 0.0977. The molecule has 11 nitrogen and oxygen atoms in total. The van der Waals surface area contributed by atoms with E-state index in [1.54, 1.807) is 31.0 Å². The van der Waals surface area contributed by atoms with E-state index in [0.717, 1.165) is 35.0 Å². The van der Waals surface area contributed by atoms with E-state index in [2.05, 4.69) is 20.3 Å². The van der Waals surface area contributed by atoms with Crippen molar-refractivity contribution in [2.45, 2.75) is 38.1 Å². The number of ketones is 1. The second-order valence-electron chi connectivity index (χ2n) is 9.74. The van der Waals surface area contributed by atoms with E-state index in [0.29, 0.717) is 30.8 Å². The summed E-state index contributed by atoms with van der Waals surface area (Å²) in [6.45, 7) is 0.256. The van der Waals surface area contributed by atoms with E-state index in [1.165, 1.54) is 18.5 Å². The number of carbonyl (C=O) groups excluding carboxylic acids is 2. The van der Waals surface area contributed by atoms with Gasteiger partial charge in [-0.1, -0.05) is 12.8 Å². The quantitative estimate of drug-likeness (QED) is 0.197. The number of rotatable bonds is 13. The second kappa shape index (κ2) is 12.5. The van der Waals surface area contributed by atoms with E-state index in [-0.39, 0.29) is 35.7 Å². The lowest BCUT2D eigenvalue weighted by Crippen LogP contribution is -2.36. The molecule has 2 N–H and O–H groups in total. The molecule has 0 saturated carbocycles. The number of likely N-dealkylation sites (N-methyl/N-ethyl adjacent to an activating group) is 1. The second-order valence-corrected chi connectivity index (χ2v) is 9.74. The molecule has 0 spiro atoms. The molecule has 0 bridgehead atoms. The number of nitrogens with one attached hydrogen (secondary N) is 2. The summed E-state index contributed by atoms with van der Waals surface area (Å²) in [6.07, 6.45) is 7.86. The van der Waals surface area contributed by atoms with Gasteiger partial charge in [0.05, 0.1) is 43.3 Å². The van der Waals surface area contributed by atoms with Crippen LogP contribution in [0.15, 0.2) is 52.1 Å². The largest absolute Gasteiger partial charge is 0.496 e. The van der Waals surface area contributed by atoms with Crippen molar-refractivity contribution in [3.8, 4) is 17.0 Å². The van der Waals surface area contributed by atoms with Gasteiger partial charge in [0.2, 0.25) is 11.7 Å². The van der Waals surface area contributed by atoms with Gasteiger partial charge < -0.3 is 28.9 Å². The summed E-state index contributed by atoms with van der Waals surface area (Å²) < 4.78 is 12.3. The highest BCUT2D eigenvalue weighted by Crippen LogP contribution is 2.33. The predicted molar refractivity (Wildman–Crippen MR) is 147 cm³/mol. The first-order valence-electron chi connectivity index (χ1n) is 12.9. The molecule has 0 unspecified atom stereocenters. The SMILES string of the molecule is COc1cc2c(ccc(=O)n2C)cc1-c1cnc([C@H](CCCCCC(=O)c2ncco2)NC(=O)CN(C)C)[nH]1. The van der Waals surface area contributed by atoms with Crippen molar-refractivity contribution in [3.63, 3.8) is 0 Å². The summed E-state index contributed by atoms with van der Waals surface area (Å²) in [5.74, 6) is 1.15. The Labute approximate surface area is 226 Å². The molecular formula is C28H34N6O5. The summed E-state index contributed by atoms with van der Waals surface area (Å²) in [4.78, 5) is 50.5. The van der Waals surface area contributed by atoms with E-state index < -0.39 is 0 Å². The van der Waals surface area contributed by atoms with Crippen molar-refractivity contribution in [1.82, 2.24) is 29.7 Å². The maximum Gasteiger partial charge on any atom is 0.263 e. The molecular weight excluding hydrogens is 500 g/mol. The Morgan fingerprint density at radius 1 is 1.18 bits per heavy atom. The zero-order valence-electron chi connectivity index (χ0n) is 22.7. The van der Waals surface area contributed by atoms with Gasteiger partial charge in [-0.2, -0.15) is 0 Å². The molecule has 3 heterocycles. The van der Waals surface area contributed by atoms with Crippen LogP contribution in [0.4, 0.5) is 0 Å². The maximum absolute atomic E-state index is 12.6. The smallest absolute Gasteiger partial charge is 0.263 e. The Kier molecular flexibility index (Phi) is 8.92. The molecule has 3 aromatic heterocycles. The van der Waals surface area contributed by atoms with Gasteiger partial charge >= 0.3 is 0 Å². The lowest BCUT2D eigenvalue weighted by atomic mass is 10.0. The Balaban J connectivity index is 1.50. The molecule has 0 aliphatic carbocycles. The van der Waals surface area contributed by atoms with Crippen LogP contribution in [0.25, 0.3) is 22.2 Å². The fourth-order valence-corrected chi connectivity index (χ4v) is 4.51. The number of carbonyl (C=O) groups is 2. The van der Waals surface area contributed by atoms with Crippen molar-refractivity contribution in [2.75, 3.05) is 27.7 Å². The topological polar surface area (TPSA) is 135 Å².